The van der Waals surface area contributed by atoms with E-state index in [1.54, 1.807) is 0 Å². The molecule has 0 amide bonds. The van der Waals surface area contributed by atoms with Crippen LogP contribution in [0.1, 0.15) is 43.1 Å². The molecule has 1 aliphatic carbocycles. The number of Topliss-reactive ketones (excluding diaryl/α,β-unsaturated/α-hetero) is 1. The molecule has 0 aromatic heterocycles. The quantitative estimate of drug-likeness (QED) is 0.765. The molecule has 20 heavy (non-hydrogen) atoms. The predicted octanol–water partition coefficient (Wildman–Crippen LogP) is 4.10. The SMILES string of the molecule is CCC(=S)C1C(C)=NC2=C(C(=O)c3ccccc32)C1C. The minimum absolute atomic E-state index is 0.118. The first-order valence-electron chi connectivity index (χ1n) is 7.02. The number of fused-ring (bicyclic) bond motifs is 2. The van der Waals surface area contributed by atoms with E-state index in [2.05, 4.69) is 13.8 Å². The Balaban J connectivity index is 2.15. The van der Waals surface area contributed by atoms with Crippen LogP contribution in [0.15, 0.2) is 34.8 Å². The lowest BCUT2D eigenvalue weighted by Gasteiger charge is -2.29. The van der Waals surface area contributed by atoms with Crippen molar-refractivity contribution < 1.29 is 4.79 Å². The van der Waals surface area contributed by atoms with Gasteiger partial charge in [-0.05, 0) is 19.3 Å². The van der Waals surface area contributed by atoms with E-state index in [1.165, 1.54) is 0 Å². The highest BCUT2D eigenvalue weighted by Gasteiger charge is 2.40. The van der Waals surface area contributed by atoms with E-state index in [0.29, 0.717) is 0 Å². The van der Waals surface area contributed by atoms with Gasteiger partial charge in [-0.3, -0.25) is 9.79 Å². The van der Waals surface area contributed by atoms with Crippen molar-refractivity contribution in [3.8, 4) is 0 Å². The summed E-state index contributed by atoms with van der Waals surface area (Å²) in [5.74, 6) is 0.366. The molecular weight excluding hydrogens is 266 g/mol. The molecule has 1 heterocycles. The van der Waals surface area contributed by atoms with Crippen molar-refractivity contribution in [1.29, 1.82) is 0 Å². The smallest absolute Gasteiger partial charge is 0.192 e. The maximum atomic E-state index is 12.6. The van der Waals surface area contributed by atoms with Crippen molar-refractivity contribution >= 4 is 34.3 Å². The topological polar surface area (TPSA) is 29.4 Å². The van der Waals surface area contributed by atoms with Gasteiger partial charge in [-0.25, -0.2) is 0 Å². The Morgan fingerprint density at radius 2 is 1.95 bits per heavy atom. The van der Waals surface area contributed by atoms with Crippen molar-refractivity contribution in [2.45, 2.75) is 27.2 Å². The number of allylic oxidation sites excluding steroid dienone is 1. The Hall–Kier alpha value is -1.61. The second kappa shape index (κ2) is 4.74. The molecule has 0 bridgehead atoms. The summed E-state index contributed by atoms with van der Waals surface area (Å²) in [4.78, 5) is 18.4. The number of carbonyl (C=O) groups excluding carboxylic acids is 1. The van der Waals surface area contributed by atoms with Gasteiger partial charge in [0.25, 0.3) is 0 Å². The van der Waals surface area contributed by atoms with Crippen LogP contribution in [-0.4, -0.2) is 16.4 Å². The van der Waals surface area contributed by atoms with E-state index >= 15 is 0 Å². The lowest BCUT2D eigenvalue weighted by atomic mass is 9.78. The summed E-state index contributed by atoms with van der Waals surface area (Å²) in [5.41, 5.74) is 4.50. The number of thiocarbonyl (C=S) groups is 1. The van der Waals surface area contributed by atoms with Crippen LogP contribution in [0.2, 0.25) is 0 Å². The van der Waals surface area contributed by atoms with Crippen molar-refractivity contribution in [1.82, 2.24) is 0 Å². The summed E-state index contributed by atoms with van der Waals surface area (Å²) in [6.07, 6.45) is 0.848. The fraction of sp³-hybridized carbons (Fsp3) is 0.353. The lowest BCUT2D eigenvalue weighted by molar-refractivity contribution is 0.102. The first-order chi connectivity index (χ1) is 9.56. The molecule has 0 radical (unpaired) electrons. The van der Waals surface area contributed by atoms with Crippen LogP contribution in [0.5, 0.6) is 0 Å². The zero-order valence-electron chi connectivity index (χ0n) is 11.9. The molecule has 2 nitrogen and oxygen atoms in total. The number of ketones is 1. The van der Waals surface area contributed by atoms with E-state index in [9.17, 15) is 4.79 Å². The van der Waals surface area contributed by atoms with Crippen molar-refractivity contribution in [3.05, 3.63) is 41.0 Å². The molecule has 1 aromatic carbocycles. The summed E-state index contributed by atoms with van der Waals surface area (Å²) in [6, 6.07) is 7.74. The zero-order valence-corrected chi connectivity index (χ0v) is 12.8. The second-order valence-corrected chi connectivity index (χ2v) is 6.00. The standard InChI is InChI=1S/C17H17NOS/c1-4-13(20)14-9(2)15-16(18-10(14)3)11-7-5-6-8-12(11)17(15)19/h5-9,14H,4H2,1-3H3. The molecule has 2 atom stereocenters. The molecule has 3 heteroatoms. The van der Waals surface area contributed by atoms with Crippen molar-refractivity contribution in [3.63, 3.8) is 0 Å². The third-order valence-corrected chi connectivity index (χ3v) is 4.86. The molecule has 102 valence electrons. The molecule has 0 fully saturated rings. The average molecular weight is 283 g/mol. The zero-order chi connectivity index (χ0) is 14.4. The summed E-state index contributed by atoms with van der Waals surface area (Å²) in [6.45, 7) is 6.19. The molecule has 2 unspecified atom stereocenters. The second-order valence-electron chi connectivity index (χ2n) is 5.48. The molecule has 0 N–H and O–H groups in total. The number of rotatable bonds is 2. The van der Waals surface area contributed by atoms with Gasteiger partial charge < -0.3 is 0 Å². The molecule has 0 saturated carbocycles. The van der Waals surface area contributed by atoms with Crippen LogP contribution in [0.4, 0.5) is 0 Å². The number of hydrogen-bond acceptors (Lipinski definition) is 3. The maximum absolute atomic E-state index is 12.6. The molecular formula is C17H17NOS. The molecule has 2 aliphatic rings. The number of carbonyl (C=O) groups is 1. The van der Waals surface area contributed by atoms with Crippen LogP contribution in [-0.2, 0) is 0 Å². The average Bonchev–Trinajstić information content (AvgIpc) is 2.72. The van der Waals surface area contributed by atoms with Gasteiger partial charge in [0.05, 0.1) is 5.70 Å². The fourth-order valence-corrected chi connectivity index (χ4v) is 3.71. The Morgan fingerprint density at radius 1 is 1.30 bits per heavy atom. The largest absolute Gasteiger partial charge is 0.289 e. The van der Waals surface area contributed by atoms with Crippen molar-refractivity contribution in [2.75, 3.05) is 0 Å². The van der Waals surface area contributed by atoms with Gasteiger partial charge in [0.1, 0.15) is 0 Å². The normalized spacial score (nSPS) is 24.4. The number of nitrogens with zero attached hydrogens (tertiary/aromatic N) is 1. The molecule has 0 saturated heterocycles. The van der Waals surface area contributed by atoms with Crippen LogP contribution >= 0.6 is 12.2 Å². The summed E-state index contributed by atoms with van der Waals surface area (Å²) < 4.78 is 0. The molecule has 0 spiro atoms. The number of hydrogen-bond donors (Lipinski definition) is 0. The molecule has 3 rings (SSSR count). The Kier molecular flexibility index (Phi) is 3.17. The van der Waals surface area contributed by atoms with Crippen LogP contribution in [0.3, 0.4) is 0 Å². The van der Waals surface area contributed by atoms with Gasteiger partial charge in [0.2, 0.25) is 0 Å². The third-order valence-electron chi connectivity index (χ3n) is 4.32. The highest BCUT2D eigenvalue weighted by molar-refractivity contribution is 7.80. The highest BCUT2D eigenvalue weighted by atomic mass is 32.1. The third kappa shape index (κ3) is 1.73. The van der Waals surface area contributed by atoms with Gasteiger partial charge in [-0.1, -0.05) is 50.3 Å². The Morgan fingerprint density at radius 3 is 2.60 bits per heavy atom. The first kappa shape index (κ1) is 13.4. The van der Waals surface area contributed by atoms with Gasteiger partial charge >= 0.3 is 0 Å². The number of aliphatic imine (C=N–C) groups is 1. The summed E-state index contributed by atoms with van der Waals surface area (Å²) in [7, 11) is 0. The van der Waals surface area contributed by atoms with Crippen LogP contribution < -0.4 is 0 Å². The predicted molar refractivity (Wildman–Crippen MR) is 86.3 cm³/mol. The van der Waals surface area contributed by atoms with E-state index in [4.69, 9.17) is 17.2 Å². The van der Waals surface area contributed by atoms with E-state index in [1.807, 2.05) is 31.2 Å². The van der Waals surface area contributed by atoms with Crippen LogP contribution in [0, 0.1) is 11.8 Å². The Labute approximate surface area is 124 Å². The summed E-state index contributed by atoms with van der Waals surface area (Å²) in [5, 5.41) is 0. The van der Waals surface area contributed by atoms with Crippen LogP contribution in [0.25, 0.3) is 5.70 Å². The first-order valence-corrected chi connectivity index (χ1v) is 7.43. The number of benzene rings is 1. The highest BCUT2D eigenvalue weighted by Crippen LogP contribution is 2.43. The van der Waals surface area contributed by atoms with Gasteiger partial charge in [0.15, 0.2) is 5.78 Å². The maximum Gasteiger partial charge on any atom is 0.192 e. The lowest BCUT2D eigenvalue weighted by Crippen LogP contribution is -2.32. The minimum atomic E-state index is 0.118. The van der Waals surface area contributed by atoms with Gasteiger partial charge in [-0.2, -0.15) is 0 Å². The molecule has 1 aromatic rings. The van der Waals surface area contributed by atoms with E-state index in [-0.39, 0.29) is 17.6 Å². The van der Waals surface area contributed by atoms with Crippen molar-refractivity contribution in [2.24, 2.45) is 16.8 Å². The van der Waals surface area contributed by atoms with E-state index in [0.717, 1.165) is 39.4 Å². The van der Waals surface area contributed by atoms with Gasteiger partial charge in [0, 0.05) is 33.2 Å². The van der Waals surface area contributed by atoms with Gasteiger partial charge in [-0.15, -0.1) is 0 Å². The van der Waals surface area contributed by atoms with E-state index < -0.39 is 0 Å². The minimum Gasteiger partial charge on any atom is -0.289 e. The molecule has 1 aliphatic heterocycles. The summed E-state index contributed by atoms with van der Waals surface area (Å²) >= 11 is 5.50. The monoisotopic (exact) mass is 283 g/mol. The fourth-order valence-electron chi connectivity index (χ4n) is 3.33. The Bertz CT molecular complexity index is 684.